The van der Waals surface area contributed by atoms with Crippen LogP contribution in [0.5, 0.6) is 0 Å². The Kier molecular flexibility index (Phi) is 44.6. The third-order valence-corrected chi connectivity index (χ3v) is 14.6. The predicted molar refractivity (Wildman–Crippen MR) is 313 cm³/mol. The van der Waals surface area contributed by atoms with E-state index in [0.717, 1.165) is 96.3 Å². The van der Waals surface area contributed by atoms with Crippen molar-refractivity contribution in [2.75, 3.05) is 19.8 Å². The maximum atomic E-state index is 13.3. The van der Waals surface area contributed by atoms with E-state index in [0.29, 0.717) is 19.3 Å². The Morgan fingerprint density at radius 2 is 0.885 bits per heavy atom. The Balaban J connectivity index is 1.68. The van der Waals surface area contributed by atoms with Crippen LogP contribution in [-0.2, 0) is 23.7 Å². The second-order valence-corrected chi connectivity index (χ2v) is 21.5. The lowest BCUT2D eigenvalue weighted by Crippen LogP contribution is -2.65. The van der Waals surface area contributed by atoms with Crippen molar-refractivity contribution in [3.8, 4) is 0 Å². The highest BCUT2D eigenvalue weighted by Gasteiger charge is 2.51. The van der Waals surface area contributed by atoms with Crippen LogP contribution in [-0.4, -0.2) is 140 Å². The van der Waals surface area contributed by atoms with Gasteiger partial charge in [0.2, 0.25) is 5.91 Å². The minimum atomic E-state index is -1.79. The van der Waals surface area contributed by atoms with Crippen molar-refractivity contribution in [2.45, 2.75) is 293 Å². The van der Waals surface area contributed by atoms with Crippen LogP contribution in [0.3, 0.4) is 0 Å². The lowest BCUT2D eigenvalue weighted by molar-refractivity contribution is -0.359. The predicted octanol–water partition coefficient (Wildman–Crippen LogP) is 10.9. The maximum absolute atomic E-state index is 13.3. The molecular formula is C64H111NO13. The Morgan fingerprint density at radius 1 is 0.474 bits per heavy atom. The summed E-state index contributed by atoms with van der Waals surface area (Å²) in [5.74, 6) is -0.217. The molecule has 2 fully saturated rings. The summed E-state index contributed by atoms with van der Waals surface area (Å²) in [7, 11) is 0. The molecule has 0 aromatic heterocycles. The van der Waals surface area contributed by atoms with Crippen molar-refractivity contribution >= 4 is 5.91 Å². The monoisotopic (exact) mass is 1100 g/mol. The molecule has 0 aromatic rings. The first-order chi connectivity index (χ1) is 38.1. The molecule has 12 atom stereocenters. The van der Waals surface area contributed by atoms with Crippen molar-refractivity contribution in [1.82, 2.24) is 5.32 Å². The highest BCUT2D eigenvalue weighted by molar-refractivity contribution is 5.76. The average Bonchev–Trinajstić information content (AvgIpc) is 3.47. The number of carbonyl (C=O) groups is 1. The van der Waals surface area contributed by atoms with E-state index in [-0.39, 0.29) is 12.5 Å². The highest BCUT2D eigenvalue weighted by Crippen LogP contribution is 2.30. The van der Waals surface area contributed by atoms with E-state index in [2.05, 4.69) is 104 Å². The molecule has 2 saturated heterocycles. The lowest BCUT2D eigenvalue weighted by atomic mass is 9.97. The van der Waals surface area contributed by atoms with Gasteiger partial charge in [-0.15, -0.1) is 0 Å². The second-order valence-electron chi connectivity index (χ2n) is 21.5. The molecule has 0 bridgehead atoms. The summed E-state index contributed by atoms with van der Waals surface area (Å²) >= 11 is 0. The Labute approximate surface area is 471 Å². The van der Waals surface area contributed by atoms with E-state index in [1.165, 1.54) is 89.9 Å². The van der Waals surface area contributed by atoms with Crippen LogP contribution in [0, 0.1) is 0 Å². The number of unbranched alkanes of at least 4 members (excludes halogenated alkanes) is 21. The third-order valence-electron chi connectivity index (χ3n) is 14.6. The molecule has 0 saturated carbocycles. The van der Waals surface area contributed by atoms with Crippen LogP contribution in [0.4, 0.5) is 0 Å². The number of hydrogen-bond donors (Lipinski definition) is 9. The standard InChI is InChI=1S/C64H111NO13/c1-3-5-7-9-11-13-15-17-18-19-20-21-22-23-24-25-26-27-28-29-30-31-32-33-34-36-38-40-42-44-46-48-56(69)65-52(53(68)47-45-43-41-39-37-35-16-14-12-10-8-6-4-2)51-75-63-61(74)59(72)62(55(50-67)77-63)78-64-60(73)58(71)57(70)54(49-66)76-64/h5,7,11,13,17-18,20-21,23-24,26-27,29-30,52-55,57-64,66-68,70-74H,3-4,6,8-10,12,14-16,19,22,25,28,31-51H2,1-2H3,(H,65,69)/b7-5-,13-11-,18-17-,21-20-,24-23-,27-26-,30-29-. The van der Waals surface area contributed by atoms with E-state index in [1.54, 1.807) is 0 Å². The van der Waals surface area contributed by atoms with E-state index in [4.69, 9.17) is 18.9 Å². The van der Waals surface area contributed by atoms with Gasteiger partial charge in [0.25, 0.3) is 0 Å². The molecule has 1 amide bonds. The molecular weight excluding hydrogens is 991 g/mol. The molecule has 0 spiro atoms. The minimum Gasteiger partial charge on any atom is -0.394 e. The summed E-state index contributed by atoms with van der Waals surface area (Å²) < 4.78 is 22.8. The molecule has 0 aromatic carbocycles. The molecule has 12 unspecified atom stereocenters. The number of aliphatic hydroxyl groups excluding tert-OH is 8. The van der Waals surface area contributed by atoms with Gasteiger partial charge in [-0.25, -0.2) is 0 Å². The van der Waals surface area contributed by atoms with Crippen LogP contribution >= 0.6 is 0 Å². The van der Waals surface area contributed by atoms with Gasteiger partial charge in [-0.3, -0.25) is 4.79 Å². The number of rotatable bonds is 48. The lowest BCUT2D eigenvalue weighted by Gasteiger charge is -2.46. The first-order valence-corrected chi connectivity index (χ1v) is 30.8. The van der Waals surface area contributed by atoms with Gasteiger partial charge in [-0.2, -0.15) is 0 Å². The van der Waals surface area contributed by atoms with Crippen LogP contribution < -0.4 is 5.32 Å². The van der Waals surface area contributed by atoms with Gasteiger partial charge < -0.3 is 65.1 Å². The van der Waals surface area contributed by atoms with Gasteiger partial charge in [-0.1, -0.05) is 227 Å². The molecule has 14 nitrogen and oxygen atoms in total. The molecule has 14 heteroatoms. The molecule has 450 valence electrons. The first-order valence-electron chi connectivity index (χ1n) is 30.8. The van der Waals surface area contributed by atoms with Crippen molar-refractivity contribution < 1.29 is 64.6 Å². The Morgan fingerprint density at radius 3 is 1.36 bits per heavy atom. The fourth-order valence-electron chi connectivity index (χ4n) is 9.69. The number of nitrogens with one attached hydrogen (secondary N) is 1. The topological polar surface area (TPSA) is 228 Å². The number of carbonyl (C=O) groups excluding carboxylic acids is 1. The number of ether oxygens (including phenoxy) is 4. The fraction of sp³-hybridized carbons (Fsp3) is 0.766. The summed E-state index contributed by atoms with van der Waals surface area (Å²) in [5.41, 5.74) is 0. The number of aliphatic hydroxyl groups is 8. The maximum Gasteiger partial charge on any atom is 0.220 e. The van der Waals surface area contributed by atoms with Crippen LogP contribution in [0.1, 0.15) is 219 Å². The summed E-state index contributed by atoms with van der Waals surface area (Å²) in [6.45, 7) is 2.73. The van der Waals surface area contributed by atoms with Crippen LogP contribution in [0.2, 0.25) is 0 Å². The molecule has 2 heterocycles. The highest BCUT2D eigenvalue weighted by atomic mass is 16.7. The van der Waals surface area contributed by atoms with Gasteiger partial charge in [0.1, 0.15) is 48.8 Å². The zero-order chi connectivity index (χ0) is 56.7. The first kappa shape index (κ1) is 71.3. The van der Waals surface area contributed by atoms with Gasteiger partial charge in [0.15, 0.2) is 12.6 Å². The van der Waals surface area contributed by atoms with Crippen molar-refractivity contribution in [1.29, 1.82) is 0 Å². The van der Waals surface area contributed by atoms with Crippen molar-refractivity contribution in [2.24, 2.45) is 0 Å². The van der Waals surface area contributed by atoms with Crippen LogP contribution in [0.15, 0.2) is 85.1 Å². The summed E-state index contributed by atoms with van der Waals surface area (Å²) in [6.07, 6.45) is 48.7. The van der Waals surface area contributed by atoms with Crippen LogP contribution in [0.25, 0.3) is 0 Å². The summed E-state index contributed by atoms with van der Waals surface area (Å²) in [4.78, 5) is 13.3. The Hall–Kier alpha value is -2.83. The largest absolute Gasteiger partial charge is 0.394 e. The average molecular weight is 1100 g/mol. The van der Waals surface area contributed by atoms with Gasteiger partial charge in [0.05, 0.1) is 32.0 Å². The summed E-state index contributed by atoms with van der Waals surface area (Å²) in [6, 6.07) is -0.837. The van der Waals surface area contributed by atoms with E-state index in [9.17, 15) is 45.6 Å². The van der Waals surface area contributed by atoms with Gasteiger partial charge in [-0.05, 0) is 70.6 Å². The zero-order valence-corrected chi connectivity index (χ0v) is 48.4. The van der Waals surface area contributed by atoms with Crippen molar-refractivity contribution in [3.05, 3.63) is 85.1 Å². The van der Waals surface area contributed by atoms with Crippen molar-refractivity contribution in [3.63, 3.8) is 0 Å². The van der Waals surface area contributed by atoms with E-state index in [1.807, 2.05) is 0 Å². The SMILES string of the molecule is CC/C=C\C/C=C\C/C=C\C/C=C\C/C=C\C/C=C\C/C=C\CCCCCCCCCCCC(=O)NC(COC1OC(CO)C(OC2OC(CO)C(O)C(O)C2O)C(O)C1O)C(O)CCCCCCCCCCCCCCC. The number of hydrogen-bond acceptors (Lipinski definition) is 13. The molecule has 2 aliphatic rings. The summed E-state index contributed by atoms with van der Waals surface area (Å²) in [5, 5.41) is 87.2. The molecule has 2 rings (SSSR count). The normalized spacial score (nSPS) is 25.2. The number of amides is 1. The quantitative estimate of drug-likeness (QED) is 0.0204. The second kappa shape index (κ2) is 48.8. The van der Waals surface area contributed by atoms with E-state index >= 15 is 0 Å². The zero-order valence-electron chi connectivity index (χ0n) is 48.4. The molecule has 78 heavy (non-hydrogen) atoms. The smallest absolute Gasteiger partial charge is 0.220 e. The molecule has 9 N–H and O–H groups in total. The van der Waals surface area contributed by atoms with Gasteiger partial charge >= 0.3 is 0 Å². The number of allylic oxidation sites excluding steroid dienone is 14. The van der Waals surface area contributed by atoms with E-state index < -0.39 is 86.8 Å². The fourth-order valence-corrected chi connectivity index (χ4v) is 9.69. The minimum absolute atomic E-state index is 0.217. The third kappa shape index (κ3) is 33.8. The molecule has 0 aliphatic carbocycles. The molecule has 0 radical (unpaired) electrons. The Bertz CT molecular complexity index is 1630. The molecule has 2 aliphatic heterocycles. The van der Waals surface area contributed by atoms with Gasteiger partial charge in [0, 0.05) is 6.42 Å².